The third kappa shape index (κ3) is 2.33. The molecule has 0 saturated heterocycles. The molecule has 6 nitrogen and oxygen atoms in total. The first-order valence-corrected chi connectivity index (χ1v) is 7.19. The summed E-state index contributed by atoms with van der Waals surface area (Å²) in [6, 6.07) is 0.749. The average molecular weight is 292 g/mol. The third-order valence-corrected chi connectivity index (χ3v) is 4.39. The van der Waals surface area contributed by atoms with Gasteiger partial charge in [-0.15, -0.1) is 0 Å². The molecule has 1 aliphatic heterocycles. The molecule has 114 valence electrons. The molecule has 1 aromatic heterocycles. The van der Waals surface area contributed by atoms with Crippen LogP contribution in [0.25, 0.3) is 0 Å². The van der Waals surface area contributed by atoms with E-state index in [0.717, 1.165) is 12.8 Å². The molecule has 21 heavy (non-hydrogen) atoms. The van der Waals surface area contributed by atoms with Crippen molar-refractivity contribution in [2.75, 3.05) is 27.2 Å². The van der Waals surface area contributed by atoms with Crippen LogP contribution in [0.4, 0.5) is 0 Å². The smallest absolute Gasteiger partial charge is 0.331 e. The van der Waals surface area contributed by atoms with E-state index >= 15 is 0 Å². The highest BCUT2D eigenvalue weighted by atomic mass is 16.4. The molecule has 0 spiro atoms. The molecule has 1 unspecified atom stereocenters. The zero-order valence-corrected chi connectivity index (χ0v) is 12.3. The minimum atomic E-state index is -0.994. The summed E-state index contributed by atoms with van der Waals surface area (Å²) in [6.45, 7) is 1.08. The Bertz CT molecular complexity index is 574. The molecule has 1 fully saturated rings. The van der Waals surface area contributed by atoms with Gasteiger partial charge in [-0.25, -0.2) is 4.79 Å². The standard InChI is InChI=1S/C15H20N2O4/c1-16(2)9-15(5-6-15)14(20)17-7-3-11-10(4-8-21-11)12(17)13(18)19/h4,8,12H,3,5-7,9H2,1-2H3,(H,18,19). The van der Waals surface area contributed by atoms with Gasteiger partial charge in [0.25, 0.3) is 0 Å². The van der Waals surface area contributed by atoms with Crippen LogP contribution in [-0.4, -0.2) is 54.0 Å². The Balaban J connectivity index is 1.88. The van der Waals surface area contributed by atoms with Gasteiger partial charge in [0.2, 0.25) is 5.91 Å². The summed E-state index contributed by atoms with van der Waals surface area (Å²) in [7, 11) is 3.87. The van der Waals surface area contributed by atoms with Crippen LogP contribution in [0.5, 0.6) is 0 Å². The number of carboxylic acids is 1. The summed E-state index contributed by atoms with van der Waals surface area (Å²) in [5, 5.41) is 9.54. The molecular weight excluding hydrogens is 272 g/mol. The largest absolute Gasteiger partial charge is 0.479 e. The highest BCUT2D eigenvalue weighted by molar-refractivity contribution is 5.90. The molecule has 0 radical (unpaired) electrons. The predicted molar refractivity (Wildman–Crippen MR) is 74.7 cm³/mol. The third-order valence-electron chi connectivity index (χ3n) is 4.39. The molecule has 1 N–H and O–H groups in total. The second-order valence-electron chi connectivity index (χ2n) is 6.31. The van der Waals surface area contributed by atoms with Gasteiger partial charge in [-0.3, -0.25) is 4.79 Å². The number of aliphatic carboxylic acids is 1. The van der Waals surface area contributed by atoms with Gasteiger partial charge in [-0.2, -0.15) is 0 Å². The molecule has 0 aromatic carbocycles. The fraction of sp³-hybridized carbons (Fsp3) is 0.600. The number of hydrogen-bond donors (Lipinski definition) is 1. The van der Waals surface area contributed by atoms with Gasteiger partial charge in [0, 0.05) is 25.1 Å². The fourth-order valence-electron chi connectivity index (χ4n) is 3.30. The lowest BCUT2D eigenvalue weighted by Crippen LogP contribution is -2.48. The van der Waals surface area contributed by atoms with Crippen molar-refractivity contribution < 1.29 is 19.1 Å². The highest BCUT2D eigenvalue weighted by Crippen LogP contribution is 2.49. The molecule has 0 bridgehead atoms. The molecule has 2 aliphatic rings. The van der Waals surface area contributed by atoms with Gasteiger partial charge in [0.05, 0.1) is 11.7 Å². The molecular formula is C15H20N2O4. The molecule has 1 aliphatic carbocycles. The molecule has 3 rings (SSSR count). The van der Waals surface area contributed by atoms with Crippen LogP contribution in [0, 0.1) is 5.41 Å². The summed E-state index contributed by atoms with van der Waals surface area (Å²) < 4.78 is 5.32. The van der Waals surface area contributed by atoms with E-state index < -0.39 is 17.4 Å². The number of carboxylic acid groups (broad SMARTS) is 1. The molecule has 1 atom stereocenters. The van der Waals surface area contributed by atoms with Crippen LogP contribution in [-0.2, 0) is 16.0 Å². The Hall–Kier alpha value is -1.82. The number of carbonyl (C=O) groups is 2. The van der Waals surface area contributed by atoms with Crippen LogP contribution < -0.4 is 0 Å². The van der Waals surface area contributed by atoms with E-state index in [0.29, 0.717) is 30.8 Å². The molecule has 2 heterocycles. The Morgan fingerprint density at radius 3 is 2.76 bits per heavy atom. The maximum absolute atomic E-state index is 12.9. The quantitative estimate of drug-likeness (QED) is 0.900. The lowest BCUT2D eigenvalue weighted by molar-refractivity contribution is -0.154. The number of rotatable bonds is 4. The Morgan fingerprint density at radius 1 is 1.48 bits per heavy atom. The lowest BCUT2D eigenvalue weighted by atomic mass is 9.95. The second kappa shape index (κ2) is 4.87. The van der Waals surface area contributed by atoms with Crippen LogP contribution in [0.15, 0.2) is 16.7 Å². The van der Waals surface area contributed by atoms with E-state index in [9.17, 15) is 14.7 Å². The van der Waals surface area contributed by atoms with Crippen molar-refractivity contribution in [3.05, 3.63) is 23.7 Å². The average Bonchev–Trinajstić information content (AvgIpc) is 3.02. The van der Waals surface area contributed by atoms with E-state index in [4.69, 9.17) is 4.42 Å². The summed E-state index contributed by atoms with van der Waals surface area (Å²) in [4.78, 5) is 28.0. The van der Waals surface area contributed by atoms with Crippen molar-refractivity contribution in [2.45, 2.75) is 25.3 Å². The van der Waals surface area contributed by atoms with E-state index in [1.54, 1.807) is 6.07 Å². The summed E-state index contributed by atoms with van der Waals surface area (Å²) in [5.41, 5.74) is 0.223. The first-order chi connectivity index (χ1) is 9.94. The zero-order chi connectivity index (χ0) is 15.2. The number of amides is 1. The lowest BCUT2D eigenvalue weighted by Gasteiger charge is -2.35. The van der Waals surface area contributed by atoms with Crippen molar-refractivity contribution in [3.63, 3.8) is 0 Å². The number of nitrogens with zero attached hydrogens (tertiary/aromatic N) is 2. The Labute approximate surface area is 123 Å². The SMILES string of the molecule is CN(C)CC1(C(=O)N2CCc3occc3C2C(=O)O)CC1. The first kappa shape index (κ1) is 14.1. The monoisotopic (exact) mass is 292 g/mol. The van der Waals surface area contributed by atoms with Gasteiger partial charge in [0.15, 0.2) is 6.04 Å². The van der Waals surface area contributed by atoms with E-state index in [1.807, 2.05) is 19.0 Å². The fourth-order valence-corrected chi connectivity index (χ4v) is 3.30. The van der Waals surface area contributed by atoms with Gasteiger partial charge >= 0.3 is 5.97 Å². The number of furan rings is 1. The normalized spacial score (nSPS) is 23.0. The number of carbonyl (C=O) groups excluding carboxylic acids is 1. The second-order valence-corrected chi connectivity index (χ2v) is 6.31. The minimum absolute atomic E-state index is 0.0320. The topological polar surface area (TPSA) is 74.0 Å². The summed E-state index contributed by atoms with van der Waals surface area (Å²) in [6.07, 6.45) is 3.76. The van der Waals surface area contributed by atoms with Crippen LogP contribution >= 0.6 is 0 Å². The first-order valence-electron chi connectivity index (χ1n) is 7.19. The van der Waals surface area contributed by atoms with E-state index in [-0.39, 0.29) is 5.91 Å². The van der Waals surface area contributed by atoms with Crippen LogP contribution in [0.2, 0.25) is 0 Å². The van der Waals surface area contributed by atoms with Crippen LogP contribution in [0.3, 0.4) is 0 Å². The summed E-state index contributed by atoms with van der Waals surface area (Å²) in [5.74, 6) is -0.342. The number of hydrogen-bond acceptors (Lipinski definition) is 4. The maximum atomic E-state index is 12.9. The minimum Gasteiger partial charge on any atom is -0.479 e. The van der Waals surface area contributed by atoms with Gasteiger partial charge in [-0.05, 0) is 33.0 Å². The Morgan fingerprint density at radius 2 is 2.19 bits per heavy atom. The van der Waals surface area contributed by atoms with Gasteiger partial charge < -0.3 is 19.3 Å². The molecule has 1 amide bonds. The van der Waals surface area contributed by atoms with Crippen molar-refractivity contribution in [3.8, 4) is 0 Å². The molecule has 1 aromatic rings. The van der Waals surface area contributed by atoms with Crippen molar-refractivity contribution in [1.29, 1.82) is 0 Å². The summed E-state index contributed by atoms with van der Waals surface area (Å²) >= 11 is 0. The van der Waals surface area contributed by atoms with Crippen LogP contribution in [0.1, 0.15) is 30.2 Å². The maximum Gasteiger partial charge on any atom is 0.331 e. The van der Waals surface area contributed by atoms with Crippen molar-refractivity contribution in [1.82, 2.24) is 9.80 Å². The van der Waals surface area contributed by atoms with Crippen molar-refractivity contribution in [2.24, 2.45) is 5.41 Å². The Kier molecular flexibility index (Phi) is 3.28. The van der Waals surface area contributed by atoms with Gasteiger partial charge in [0.1, 0.15) is 5.76 Å². The van der Waals surface area contributed by atoms with E-state index in [1.165, 1.54) is 11.2 Å². The van der Waals surface area contributed by atoms with Gasteiger partial charge in [-0.1, -0.05) is 0 Å². The van der Waals surface area contributed by atoms with Crippen molar-refractivity contribution >= 4 is 11.9 Å². The van der Waals surface area contributed by atoms with E-state index in [2.05, 4.69) is 0 Å². The number of fused-ring (bicyclic) bond motifs is 1. The predicted octanol–water partition coefficient (Wildman–Crippen LogP) is 1.13. The zero-order valence-electron chi connectivity index (χ0n) is 12.3. The molecule has 1 saturated carbocycles. The molecule has 6 heteroatoms. The highest BCUT2D eigenvalue weighted by Gasteiger charge is 2.54.